The van der Waals surface area contributed by atoms with Crippen LogP contribution in [0.4, 0.5) is 15.2 Å². The molecule has 1 aromatic heterocycles. The minimum Gasteiger partial charge on any atom is -0.325 e. The van der Waals surface area contributed by atoms with Gasteiger partial charge in [-0.25, -0.2) is 4.39 Å². The number of thioether (sulfide) groups is 1. The van der Waals surface area contributed by atoms with Crippen LogP contribution in [0.5, 0.6) is 0 Å². The van der Waals surface area contributed by atoms with Crippen LogP contribution in [0.1, 0.15) is 20.3 Å². The molecule has 128 valence electrons. The van der Waals surface area contributed by atoms with Gasteiger partial charge in [-0.2, -0.15) is 0 Å². The van der Waals surface area contributed by atoms with Crippen molar-refractivity contribution in [2.24, 2.45) is 5.92 Å². The third-order valence-electron chi connectivity index (χ3n) is 2.68. The number of aromatic nitrogens is 2. The van der Waals surface area contributed by atoms with E-state index in [1.807, 2.05) is 13.8 Å². The largest absolute Gasteiger partial charge is 0.325 e. The summed E-state index contributed by atoms with van der Waals surface area (Å²) in [6.07, 6.45) is 0.415. The van der Waals surface area contributed by atoms with Crippen LogP contribution in [0.2, 0.25) is 0 Å². The molecular formula is C15H17FN4O2S2. The minimum atomic E-state index is -0.411. The molecule has 0 unspecified atom stereocenters. The summed E-state index contributed by atoms with van der Waals surface area (Å²) in [5, 5.41) is 13.5. The van der Waals surface area contributed by atoms with E-state index in [4.69, 9.17) is 0 Å². The van der Waals surface area contributed by atoms with E-state index in [9.17, 15) is 14.0 Å². The molecule has 0 aliphatic heterocycles. The zero-order valence-corrected chi connectivity index (χ0v) is 14.8. The number of carbonyl (C=O) groups excluding carboxylic acids is 2. The van der Waals surface area contributed by atoms with Crippen molar-refractivity contribution in [3.8, 4) is 0 Å². The van der Waals surface area contributed by atoms with Crippen molar-refractivity contribution < 1.29 is 14.0 Å². The lowest BCUT2D eigenvalue weighted by molar-refractivity contribution is -0.117. The van der Waals surface area contributed by atoms with Gasteiger partial charge in [-0.05, 0) is 24.1 Å². The fraction of sp³-hybridized carbons (Fsp3) is 0.333. The highest BCUT2D eigenvalue weighted by molar-refractivity contribution is 8.01. The molecule has 2 amide bonds. The summed E-state index contributed by atoms with van der Waals surface area (Å²) >= 11 is 2.41. The topological polar surface area (TPSA) is 84.0 Å². The normalized spacial score (nSPS) is 10.7. The fourth-order valence-corrected chi connectivity index (χ4v) is 3.32. The lowest BCUT2D eigenvalue weighted by atomic mass is 10.1. The average molecular weight is 368 g/mol. The third kappa shape index (κ3) is 6.25. The van der Waals surface area contributed by atoms with Gasteiger partial charge in [0.05, 0.1) is 5.75 Å². The summed E-state index contributed by atoms with van der Waals surface area (Å²) in [5.41, 5.74) is 0.402. The number of amides is 2. The van der Waals surface area contributed by atoms with Gasteiger partial charge in [0.1, 0.15) is 5.82 Å². The number of hydrogen-bond donors (Lipinski definition) is 2. The van der Waals surface area contributed by atoms with Crippen molar-refractivity contribution in [3.63, 3.8) is 0 Å². The quantitative estimate of drug-likeness (QED) is 0.578. The van der Waals surface area contributed by atoms with Gasteiger partial charge in [-0.3, -0.25) is 9.59 Å². The molecule has 24 heavy (non-hydrogen) atoms. The molecule has 1 heterocycles. The number of hydrogen-bond acceptors (Lipinski definition) is 6. The lowest BCUT2D eigenvalue weighted by Gasteiger charge is -2.04. The van der Waals surface area contributed by atoms with Crippen LogP contribution in [-0.4, -0.2) is 27.8 Å². The summed E-state index contributed by atoms with van der Waals surface area (Å²) < 4.78 is 13.6. The van der Waals surface area contributed by atoms with Gasteiger partial charge >= 0.3 is 0 Å². The van der Waals surface area contributed by atoms with Crippen LogP contribution in [-0.2, 0) is 9.59 Å². The highest BCUT2D eigenvalue weighted by atomic mass is 32.2. The van der Waals surface area contributed by atoms with E-state index in [0.717, 1.165) is 0 Å². The first-order valence-corrected chi connectivity index (χ1v) is 9.04. The molecule has 2 aromatic rings. The second kappa shape index (κ2) is 8.74. The maximum Gasteiger partial charge on any atom is 0.234 e. The predicted octanol–water partition coefficient (Wildman–Crippen LogP) is 3.39. The van der Waals surface area contributed by atoms with Crippen LogP contribution in [0.3, 0.4) is 0 Å². The maximum atomic E-state index is 13.0. The molecule has 6 nitrogen and oxygen atoms in total. The van der Waals surface area contributed by atoms with Gasteiger partial charge in [0, 0.05) is 12.1 Å². The molecule has 0 saturated heterocycles. The number of nitrogens with one attached hydrogen (secondary N) is 2. The van der Waals surface area contributed by atoms with Crippen LogP contribution in [0, 0.1) is 11.7 Å². The Hall–Kier alpha value is -2.00. The van der Waals surface area contributed by atoms with Gasteiger partial charge < -0.3 is 10.6 Å². The number of anilines is 2. The standard InChI is InChI=1S/C15H17FN4O2S2/c1-9(2)6-12(21)18-14-19-20-15(24-14)23-8-13(22)17-11-5-3-4-10(16)7-11/h3-5,7,9H,6,8H2,1-2H3,(H,17,22)(H,18,19,21). The molecule has 0 spiro atoms. The van der Waals surface area contributed by atoms with Crippen molar-refractivity contribution in [2.45, 2.75) is 24.6 Å². The fourth-order valence-electron chi connectivity index (χ4n) is 1.75. The van der Waals surface area contributed by atoms with E-state index in [2.05, 4.69) is 20.8 Å². The molecule has 0 fully saturated rings. The van der Waals surface area contributed by atoms with Gasteiger partial charge in [0.25, 0.3) is 0 Å². The van der Waals surface area contributed by atoms with E-state index in [-0.39, 0.29) is 23.5 Å². The van der Waals surface area contributed by atoms with E-state index < -0.39 is 5.82 Å². The summed E-state index contributed by atoms with van der Waals surface area (Å²) in [5.74, 6) is -0.414. The second-order valence-corrected chi connectivity index (χ2v) is 7.57. The Balaban J connectivity index is 1.80. The van der Waals surface area contributed by atoms with Gasteiger partial charge in [0.15, 0.2) is 4.34 Å². The molecule has 0 aliphatic rings. The zero-order chi connectivity index (χ0) is 17.5. The Labute approximate surface area is 147 Å². The summed E-state index contributed by atoms with van der Waals surface area (Å²) in [4.78, 5) is 23.5. The highest BCUT2D eigenvalue weighted by Crippen LogP contribution is 2.25. The Kier molecular flexibility index (Phi) is 6.68. The molecule has 2 rings (SSSR count). The van der Waals surface area contributed by atoms with Crippen LogP contribution < -0.4 is 10.6 Å². The van der Waals surface area contributed by atoms with Crippen molar-refractivity contribution in [3.05, 3.63) is 30.1 Å². The SMILES string of the molecule is CC(C)CC(=O)Nc1nnc(SCC(=O)Nc2cccc(F)c2)s1. The molecule has 2 N–H and O–H groups in total. The van der Waals surface area contributed by atoms with E-state index in [1.165, 1.54) is 41.3 Å². The molecule has 0 aliphatic carbocycles. The monoisotopic (exact) mass is 368 g/mol. The van der Waals surface area contributed by atoms with Gasteiger partial charge in [-0.15, -0.1) is 10.2 Å². The Morgan fingerprint density at radius 3 is 2.75 bits per heavy atom. The van der Waals surface area contributed by atoms with Crippen LogP contribution in [0.25, 0.3) is 0 Å². The van der Waals surface area contributed by atoms with Crippen LogP contribution in [0.15, 0.2) is 28.6 Å². The van der Waals surface area contributed by atoms with Crippen molar-refractivity contribution in [1.29, 1.82) is 0 Å². The van der Waals surface area contributed by atoms with Crippen LogP contribution >= 0.6 is 23.1 Å². The molecule has 0 saturated carbocycles. The zero-order valence-electron chi connectivity index (χ0n) is 13.2. The smallest absolute Gasteiger partial charge is 0.234 e. The maximum absolute atomic E-state index is 13.0. The number of benzene rings is 1. The van der Waals surface area contributed by atoms with Crippen molar-refractivity contribution in [2.75, 3.05) is 16.4 Å². The van der Waals surface area contributed by atoms with E-state index in [1.54, 1.807) is 6.07 Å². The molecule has 0 bridgehead atoms. The first-order valence-electron chi connectivity index (χ1n) is 7.24. The third-order valence-corrected chi connectivity index (χ3v) is 4.65. The summed E-state index contributed by atoms with van der Waals surface area (Å²) in [6, 6.07) is 5.69. The van der Waals surface area contributed by atoms with Gasteiger partial charge in [0.2, 0.25) is 16.9 Å². The Morgan fingerprint density at radius 2 is 2.04 bits per heavy atom. The molecule has 0 radical (unpaired) electrons. The summed E-state index contributed by atoms with van der Waals surface area (Å²) in [7, 11) is 0. The predicted molar refractivity (Wildman–Crippen MR) is 93.7 cm³/mol. The van der Waals surface area contributed by atoms with Crippen molar-refractivity contribution in [1.82, 2.24) is 10.2 Å². The van der Waals surface area contributed by atoms with Crippen molar-refractivity contribution >= 4 is 45.7 Å². The van der Waals surface area contributed by atoms with Gasteiger partial charge in [-0.1, -0.05) is 43.0 Å². The van der Waals surface area contributed by atoms with E-state index in [0.29, 0.717) is 21.6 Å². The number of halogens is 1. The number of carbonyl (C=O) groups is 2. The molecule has 0 atom stereocenters. The molecule has 9 heteroatoms. The number of nitrogens with zero attached hydrogens (tertiary/aromatic N) is 2. The Bertz CT molecular complexity index is 721. The number of rotatable bonds is 7. The Morgan fingerprint density at radius 1 is 1.25 bits per heavy atom. The van der Waals surface area contributed by atoms with E-state index >= 15 is 0 Å². The lowest BCUT2D eigenvalue weighted by Crippen LogP contribution is -2.13. The molecule has 1 aromatic carbocycles. The highest BCUT2D eigenvalue weighted by Gasteiger charge is 2.11. The summed E-state index contributed by atoms with van der Waals surface area (Å²) in [6.45, 7) is 3.91. The first kappa shape index (κ1) is 18.3. The molecular weight excluding hydrogens is 351 g/mol. The average Bonchev–Trinajstić information content (AvgIpc) is 2.91. The second-order valence-electron chi connectivity index (χ2n) is 5.37. The minimum absolute atomic E-state index is 0.110. The first-order chi connectivity index (χ1) is 11.4.